The number of ether oxygens (including phenoxy) is 1. The van der Waals surface area contributed by atoms with E-state index in [9.17, 15) is 9.59 Å². The molecule has 0 saturated heterocycles. The molecule has 3 rings (SSSR count). The van der Waals surface area contributed by atoms with E-state index in [0.29, 0.717) is 24.1 Å². The molecule has 0 bridgehead atoms. The monoisotopic (exact) mass is 344 g/mol. The van der Waals surface area contributed by atoms with Gasteiger partial charge in [-0.15, -0.1) is 0 Å². The summed E-state index contributed by atoms with van der Waals surface area (Å²) in [5.41, 5.74) is 6.92. The molecule has 132 valence electrons. The Morgan fingerprint density at radius 3 is 2.44 bits per heavy atom. The second kappa shape index (κ2) is 6.33. The summed E-state index contributed by atoms with van der Waals surface area (Å²) in [6.07, 6.45) is 1.35. The second-order valence-electron chi connectivity index (χ2n) is 6.82. The van der Waals surface area contributed by atoms with Gasteiger partial charge in [-0.3, -0.25) is 4.79 Å². The van der Waals surface area contributed by atoms with Crippen LogP contribution in [0.25, 0.3) is 11.3 Å². The van der Waals surface area contributed by atoms with Crippen LogP contribution in [0.15, 0.2) is 34.9 Å². The normalized spacial score (nSPS) is 20.0. The van der Waals surface area contributed by atoms with Gasteiger partial charge in [0.05, 0.1) is 5.92 Å². The molecule has 1 heterocycles. The van der Waals surface area contributed by atoms with Gasteiger partial charge in [0.15, 0.2) is 0 Å². The summed E-state index contributed by atoms with van der Waals surface area (Å²) < 4.78 is 10.4. The molecule has 25 heavy (non-hydrogen) atoms. The number of carbonyl (C=O) groups is 2. The molecule has 1 aromatic heterocycles. The maximum Gasteiger partial charge on any atom is 0.374 e. The Kier molecular flexibility index (Phi) is 4.34. The molecule has 1 aliphatic carbocycles. The number of esters is 1. The van der Waals surface area contributed by atoms with E-state index in [2.05, 4.69) is 5.16 Å². The predicted molar refractivity (Wildman–Crippen MR) is 88.7 cm³/mol. The van der Waals surface area contributed by atoms with Gasteiger partial charge in [-0.05, 0) is 32.3 Å². The van der Waals surface area contributed by atoms with Gasteiger partial charge in [0.1, 0.15) is 11.3 Å². The third kappa shape index (κ3) is 3.56. The Balaban J connectivity index is 1.71. The Morgan fingerprint density at radius 2 is 1.92 bits per heavy atom. The van der Waals surface area contributed by atoms with Crippen LogP contribution in [-0.2, 0) is 15.1 Å². The number of rotatable bonds is 5. The first-order valence-electron chi connectivity index (χ1n) is 8.05. The van der Waals surface area contributed by atoms with Crippen molar-refractivity contribution in [3.05, 3.63) is 41.7 Å². The molecule has 0 amide bonds. The van der Waals surface area contributed by atoms with Gasteiger partial charge in [-0.1, -0.05) is 29.4 Å². The van der Waals surface area contributed by atoms with Gasteiger partial charge < -0.3 is 20.1 Å². The van der Waals surface area contributed by atoms with Gasteiger partial charge in [0.2, 0.25) is 5.76 Å². The molecule has 2 aromatic rings. The minimum Gasteiger partial charge on any atom is -0.475 e. The molecule has 1 fully saturated rings. The van der Waals surface area contributed by atoms with Crippen molar-refractivity contribution >= 4 is 11.9 Å². The third-order valence-corrected chi connectivity index (χ3v) is 4.46. The molecule has 0 atom stereocenters. The number of hydrogen-bond donors (Lipinski definition) is 2. The standard InChI is InChI=1S/C18H20N2O5/c1-18(2,24-17(23)11-7-13(19)8-11)12-5-3-10(4-6-12)14-9-15(16(21)22)25-20-14/h3-6,9,11,13H,7-8,19H2,1-2H3,(H,21,22). The van der Waals surface area contributed by atoms with E-state index in [4.69, 9.17) is 20.1 Å². The van der Waals surface area contributed by atoms with Crippen molar-refractivity contribution in [1.82, 2.24) is 5.16 Å². The van der Waals surface area contributed by atoms with Gasteiger partial charge in [-0.2, -0.15) is 0 Å². The van der Waals surface area contributed by atoms with Crippen LogP contribution in [0, 0.1) is 5.92 Å². The van der Waals surface area contributed by atoms with Crippen molar-refractivity contribution in [2.75, 3.05) is 0 Å². The molecule has 1 saturated carbocycles. The molecular formula is C18H20N2O5. The molecule has 0 radical (unpaired) electrons. The number of nitrogens with two attached hydrogens (primary N) is 1. The maximum absolute atomic E-state index is 12.2. The van der Waals surface area contributed by atoms with Crippen molar-refractivity contribution in [2.24, 2.45) is 11.7 Å². The summed E-state index contributed by atoms with van der Waals surface area (Å²) in [6, 6.07) is 8.68. The lowest BCUT2D eigenvalue weighted by atomic mass is 9.81. The van der Waals surface area contributed by atoms with Crippen molar-refractivity contribution in [1.29, 1.82) is 0 Å². The van der Waals surface area contributed by atoms with Crippen LogP contribution in [-0.4, -0.2) is 28.2 Å². The van der Waals surface area contributed by atoms with Crippen molar-refractivity contribution in [3.63, 3.8) is 0 Å². The van der Waals surface area contributed by atoms with E-state index in [-0.39, 0.29) is 23.7 Å². The smallest absolute Gasteiger partial charge is 0.374 e. The number of aromatic carboxylic acids is 1. The molecule has 7 nitrogen and oxygen atoms in total. The van der Waals surface area contributed by atoms with Gasteiger partial charge >= 0.3 is 11.9 Å². The van der Waals surface area contributed by atoms with Gasteiger partial charge in [0, 0.05) is 17.7 Å². The van der Waals surface area contributed by atoms with Crippen molar-refractivity contribution in [3.8, 4) is 11.3 Å². The number of hydrogen-bond acceptors (Lipinski definition) is 6. The molecule has 0 spiro atoms. The van der Waals surface area contributed by atoms with Crippen LogP contribution in [0.3, 0.4) is 0 Å². The first-order valence-corrected chi connectivity index (χ1v) is 8.05. The van der Waals surface area contributed by atoms with Crippen LogP contribution >= 0.6 is 0 Å². The fraction of sp³-hybridized carbons (Fsp3) is 0.389. The van der Waals surface area contributed by atoms with E-state index >= 15 is 0 Å². The molecule has 1 aromatic carbocycles. The summed E-state index contributed by atoms with van der Waals surface area (Å²) in [5, 5.41) is 12.6. The minimum atomic E-state index is -1.17. The van der Waals surface area contributed by atoms with Crippen LogP contribution in [0.1, 0.15) is 42.8 Å². The maximum atomic E-state index is 12.2. The molecule has 0 aliphatic heterocycles. The summed E-state index contributed by atoms with van der Waals surface area (Å²) >= 11 is 0. The number of carbonyl (C=O) groups excluding carboxylic acids is 1. The molecule has 3 N–H and O–H groups in total. The lowest BCUT2D eigenvalue weighted by Gasteiger charge is -2.34. The quantitative estimate of drug-likeness (QED) is 0.801. The van der Waals surface area contributed by atoms with Crippen molar-refractivity contribution in [2.45, 2.75) is 38.3 Å². The topological polar surface area (TPSA) is 116 Å². The number of nitrogens with zero attached hydrogens (tertiary/aromatic N) is 1. The predicted octanol–water partition coefficient (Wildman–Crippen LogP) is 2.56. The fourth-order valence-corrected chi connectivity index (χ4v) is 2.80. The molecule has 7 heteroatoms. The number of benzene rings is 1. The first kappa shape index (κ1) is 17.2. The third-order valence-electron chi connectivity index (χ3n) is 4.46. The molecule has 1 aliphatic rings. The van der Waals surface area contributed by atoms with Crippen LogP contribution < -0.4 is 5.73 Å². The number of aromatic nitrogens is 1. The lowest BCUT2D eigenvalue weighted by Crippen LogP contribution is -2.43. The highest BCUT2D eigenvalue weighted by Crippen LogP contribution is 2.32. The highest BCUT2D eigenvalue weighted by molar-refractivity contribution is 5.85. The van der Waals surface area contributed by atoms with E-state index in [0.717, 1.165) is 5.56 Å². The van der Waals surface area contributed by atoms with Crippen LogP contribution in [0.5, 0.6) is 0 Å². The summed E-state index contributed by atoms with van der Waals surface area (Å²) in [6.45, 7) is 3.66. The Hall–Kier alpha value is -2.67. The lowest BCUT2D eigenvalue weighted by molar-refractivity contribution is -0.166. The largest absolute Gasteiger partial charge is 0.475 e. The van der Waals surface area contributed by atoms with Gasteiger partial charge in [0.25, 0.3) is 0 Å². The van der Waals surface area contributed by atoms with E-state index < -0.39 is 11.6 Å². The Labute approximate surface area is 144 Å². The second-order valence-corrected chi connectivity index (χ2v) is 6.82. The first-order chi connectivity index (χ1) is 11.8. The number of carboxylic acids is 1. The van der Waals surface area contributed by atoms with E-state index in [1.807, 2.05) is 26.0 Å². The van der Waals surface area contributed by atoms with Crippen molar-refractivity contribution < 1.29 is 24.0 Å². The van der Waals surface area contributed by atoms with E-state index in [1.165, 1.54) is 6.07 Å². The summed E-state index contributed by atoms with van der Waals surface area (Å²) in [4.78, 5) is 23.0. The van der Waals surface area contributed by atoms with Gasteiger partial charge in [-0.25, -0.2) is 4.79 Å². The zero-order valence-corrected chi connectivity index (χ0v) is 14.1. The van der Waals surface area contributed by atoms with Crippen LogP contribution in [0.2, 0.25) is 0 Å². The van der Waals surface area contributed by atoms with Crippen LogP contribution in [0.4, 0.5) is 0 Å². The zero-order valence-electron chi connectivity index (χ0n) is 14.1. The molecule has 0 unspecified atom stereocenters. The highest BCUT2D eigenvalue weighted by atomic mass is 16.6. The summed E-state index contributed by atoms with van der Waals surface area (Å²) in [7, 11) is 0. The fourth-order valence-electron chi connectivity index (χ4n) is 2.80. The van der Waals surface area contributed by atoms with E-state index in [1.54, 1.807) is 12.1 Å². The minimum absolute atomic E-state index is 0.0955. The average molecular weight is 344 g/mol. The SMILES string of the molecule is CC(C)(OC(=O)C1CC(N)C1)c1ccc(-c2cc(C(=O)O)on2)cc1. The number of carboxylic acid groups (broad SMARTS) is 1. The highest BCUT2D eigenvalue weighted by Gasteiger charge is 2.36. The molecular weight excluding hydrogens is 324 g/mol. The Bertz CT molecular complexity index is 788. The summed E-state index contributed by atoms with van der Waals surface area (Å²) in [5.74, 6) is -1.72. The zero-order chi connectivity index (χ0) is 18.2. The Morgan fingerprint density at radius 1 is 1.28 bits per heavy atom. The average Bonchev–Trinajstić information content (AvgIpc) is 3.01.